The van der Waals surface area contributed by atoms with Crippen molar-refractivity contribution < 1.29 is 23.5 Å². The summed E-state index contributed by atoms with van der Waals surface area (Å²) in [6, 6.07) is 1.39. The van der Waals surface area contributed by atoms with Crippen LogP contribution in [0.3, 0.4) is 0 Å². The van der Waals surface area contributed by atoms with E-state index in [-0.39, 0.29) is 24.5 Å². The zero-order valence-electron chi connectivity index (χ0n) is 17.7. The van der Waals surface area contributed by atoms with Crippen LogP contribution in [0.5, 0.6) is 0 Å². The van der Waals surface area contributed by atoms with Gasteiger partial charge in [0.25, 0.3) is 0 Å². The smallest absolute Gasteiger partial charge is 0.352 e. The molecule has 0 amide bonds. The van der Waals surface area contributed by atoms with E-state index in [0.29, 0.717) is 0 Å². The third-order valence-corrected chi connectivity index (χ3v) is 6.65. The quantitative estimate of drug-likeness (QED) is 0.541. The molecule has 162 valence electrons. The Balaban J connectivity index is 2.37. The van der Waals surface area contributed by atoms with Crippen LogP contribution < -0.4 is 11.4 Å². The van der Waals surface area contributed by atoms with Gasteiger partial charge in [-0.3, -0.25) is 9.13 Å². The number of nitrogens with zero attached hydrogens (tertiary/aromatic N) is 2. The molecule has 29 heavy (non-hydrogen) atoms. The maximum Gasteiger partial charge on any atom is 0.352 e. The Kier molecular flexibility index (Phi) is 6.68. The Labute approximate surface area is 171 Å². The summed E-state index contributed by atoms with van der Waals surface area (Å²) < 4.78 is 31.3. The van der Waals surface area contributed by atoms with Crippen molar-refractivity contribution in [1.29, 1.82) is 0 Å². The molecule has 0 aromatic carbocycles. The van der Waals surface area contributed by atoms with E-state index < -0.39 is 42.5 Å². The standard InChI is InChI=1S/C19H30N3O6P/c1-8-12-9-15(20)21-17(23)22(12)16-10-13(28-29(24,25)19(5,6)7)14(27-16)11-26-18(2,3)4/h1,9,13-14,16H,10-11H2,2-7H3,(H,24,25)(H2,20,21,23)/t13-,14+,16+/m0/s1. The Morgan fingerprint density at radius 2 is 2.03 bits per heavy atom. The van der Waals surface area contributed by atoms with Gasteiger partial charge in [-0.25, -0.2) is 4.79 Å². The van der Waals surface area contributed by atoms with Gasteiger partial charge in [0, 0.05) is 12.5 Å². The van der Waals surface area contributed by atoms with E-state index in [1.54, 1.807) is 20.8 Å². The normalized spacial score (nSPS) is 24.8. The lowest BCUT2D eigenvalue weighted by Crippen LogP contribution is -2.34. The number of aromatic nitrogens is 2. The van der Waals surface area contributed by atoms with Crippen LogP contribution in [-0.2, 0) is 18.6 Å². The lowest BCUT2D eigenvalue weighted by molar-refractivity contribution is -0.0977. The Bertz CT molecular complexity index is 893. The van der Waals surface area contributed by atoms with Crippen molar-refractivity contribution in [3.8, 4) is 12.3 Å². The van der Waals surface area contributed by atoms with Gasteiger partial charge in [-0.15, -0.1) is 6.42 Å². The van der Waals surface area contributed by atoms with Gasteiger partial charge in [0.15, 0.2) is 0 Å². The third-order valence-electron chi connectivity index (χ3n) is 4.40. The molecule has 1 aromatic rings. The highest BCUT2D eigenvalue weighted by molar-refractivity contribution is 7.54. The first kappa shape index (κ1) is 23.6. The average molecular weight is 427 g/mol. The van der Waals surface area contributed by atoms with Gasteiger partial charge in [0.05, 0.1) is 23.5 Å². The lowest BCUT2D eigenvalue weighted by Gasteiger charge is -2.30. The first-order chi connectivity index (χ1) is 13.1. The van der Waals surface area contributed by atoms with Crippen LogP contribution >= 0.6 is 7.60 Å². The molecular weight excluding hydrogens is 397 g/mol. The van der Waals surface area contributed by atoms with Crippen LogP contribution in [0, 0.1) is 12.3 Å². The molecule has 4 atom stereocenters. The molecule has 0 bridgehead atoms. The highest BCUT2D eigenvalue weighted by Gasteiger charge is 2.46. The maximum atomic E-state index is 12.7. The second-order valence-corrected chi connectivity index (χ2v) is 11.6. The molecule has 0 saturated carbocycles. The van der Waals surface area contributed by atoms with E-state index in [0.717, 1.165) is 0 Å². The second kappa shape index (κ2) is 8.21. The molecule has 3 N–H and O–H groups in total. The summed E-state index contributed by atoms with van der Waals surface area (Å²) in [5.41, 5.74) is 4.69. The molecule has 1 unspecified atom stereocenters. The molecule has 1 aliphatic heterocycles. The number of rotatable bonds is 5. The zero-order chi connectivity index (χ0) is 22.2. The molecule has 0 spiro atoms. The molecule has 9 nitrogen and oxygen atoms in total. The van der Waals surface area contributed by atoms with Crippen molar-refractivity contribution in [3.05, 3.63) is 22.2 Å². The van der Waals surface area contributed by atoms with Crippen LogP contribution in [0.4, 0.5) is 5.82 Å². The summed E-state index contributed by atoms with van der Waals surface area (Å²) in [5, 5.41) is -0.982. The van der Waals surface area contributed by atoms with Gasteiger partial charge in [-0.1, -0.05) is 5.92 Å². The Hall–Kier alpha value is -1.69. The summed E-state index contributed by atoms with van der Waals surface area (Å²) in [6.07, 6.45) is 3.33. The minimum atomic E-state index is -3.98. The number of hydrogen-bond donors (Lipinski definition) is 2. The van der Waals surface area contributed by atoms with Crippen LogP contribution in [0.25, 0.3) is 0 Å². The maximum absolute atomic E-state index is 12.7. The van der Waals surface area contributed by atoms with E-state index in [4.69, 9.17) is 26.2 Å². The van der Waals surface area contributed by atoms with Crippen molar-refractivity contribution in [2.24, 2.45) is 0 Å². The summed E-state index contributed by atoms with van der Waals surface area (Å²) >= 11 is 0. The van der Waals surface area contributed by atoms with Crippen molar-refractivity contribution in [3.63, 3.8) is 0 Å². The molecule has 2 heterocycles. The molecule has 1 fully saturated rings. The molecule has 2 rings (SSSR count). The Morgan fingerprint density at radius 1 is 1.41 bits per heavy atom. The van der Waals surface area contributed by atoms with Crippen LogP contribution in [0.2, 0.25) is 0 Å². The van der Waals surface area contributed by atoms with Gasteiger partial charge in [0.1, 0.15) is 23.8 Å². The number of anilines is 1. The van der Waals surface area contributed by atoms with Gasteiger partial charge in [-0.2, -0.15) is 4.98 Å². The molecular formula is C19H30N3O6P. The first-order valence-electron chi connectivity index (χ1n) is 9.31. The van der Waals surface area contributed by atoms with Crippen molar-refractivity contribution in [2.75, 3.05) is 12.3 Å². The lowest BCUT2D eigenvalue weighted by atomic mass is 10.1. The van der Waals surface area contributed by atoms with Crippen LogP contribution in [0.15, 0.2) is 10.9 Å². The summed E-state index contributed by atoms with van der Waals surface area (Å²) in [6.45, 7) is 10.6. The van der Waals surface area contributed by atoms with E-state index in [1.165, 1.54) is 10.6 Å². The topological polar surface area (TPSA) is 126 Å². The fourth-order valence-corrected chi connectivity index (χ4v) is 3.60. The SMILES string of the molecule is C#Cc1cc(N)nc(=O)n1[C@H]1C[C@H](OP(=O)(O)C(C)(C)C)[C@@H](COC(C)(C)C)O1. The van der Waals surface area contributed by atoms with Gasteiger partial charge >= 0.3 is 13.3 Å². The monoisotopic (exact) mass is 427 g/mol. The predicted molar refractivity (Wildman–Crippen MR) is 110 cm³/mol. The fourth-order valence-electron chi connectivity index (χ4n) is 2.69. The van der Waals surface area contributed by atoms with E-state index >= 15 is 0 Å². The highest BCUT2D eigenvalue weighted by Crippen LogP contribution is 2.57. The minimum absolute atomic E-state index is 0.00482. The predicted octanol–water partition coefficient (Wildman–Crippen LogP) is 2.28. The summed E-state index contributed by atoms with van der Waals surface area (Å²) in [4.78, 5) is 26.5. The highest BCUT2D eigenvalue weighted by atomic mass is 31.2. The molecule has 1 aliphatic rings. The first-order valence-corrected chi connectivity index (χ1v) is 10.9. The summed E-state index contributed by atoms with van der Waals surface area (Å²) in [5.74, 6) is 2.40. The Morgan fingerprint density at radius 3 is 2.55 bits per heavy atom. The largest absolute Gasteiger partial charge is 0.383 e. The van der Waals surface area contributed by atoms with Crippen LogP contribution in [0.1, 0.15) is 59.9 Å². The molecule has 0 aliphatic carbocycles. The fraction of sp³-hybridized carbons (Fsp3) is 0.684. The molecule has 1 saturated heterocycles. The number of nitrogens with two attached hydrogens (primary N) is 1. The molecule has 10 heteroatoms. The second-order valence-electron chi connectivity index (χ2n) is 8.99. The van der Waals surface area contributed by atoms with Gasteiger partial charge < -0.3 is 24.6 Å². The van der Waals surface area contributed by atoms with Gasteiger partial charge in [0.2, 0.25) is 0 Å². The van der Waals surface area contributed by atoms with Gasteiger partial charge in [-0.05, 0) is 41.5 Å². The number of hydrogen-bond acceptors (Lipinski definition) is 7. The summed E-state index contributed by atoms with van der Waals surface area (Å²) in [7, 11) is -3.98. The van der Waals surface area contributed by atoms with E-state index in [1.807, 2.05) is 20.8 Å². The molecule has 0 radical (unpaired) electrons. The average Bonchev–Trinajstić information content (AvgIpc) is 2.92. The zero-order valence-corrected chi connectivity index (χ0v) is 18.6. The molecule has 1 aromatic heterocycles. The third kappa shape index (κ3) is 5.68. The van der Waals surface area contributed by atoms with E-state index in [2.05, 4.69) is 10.9 Å². The van der Waals surface area contributed by atoms with E-state index in [9.17, 15) is 14.3 Å². The van der Waals surface area contributed by atoms with Crippen molar-refractivity contribution in [2.45, 2.75) is 77.2 Å². The van der Waals surface area contributed by atoms with Crippen LogP contribution in [-0.4, -0.2) is 44.0 Å². The minimum Gasteiger partial charge on any atom is -0.383 e. The number of ether oxygens (including phenoxy) is 2. The van der Waals surface area contributed by atoms with Crippen molar-refractivity contribution >= 4 is 13.4 Å². The van der Waals surface area contributed by atoms with Crippen molar-refractivity contribution in [1.82, 2.24) is 9.55 Å². The number of nitrogen functional groups attached to an aromatic ring is 1. The number of terminal acetylenes is 1.